The molecule has 0 aliphatic carbocycles. The van der Waals surface area contributed by atoms with E-state index >= 15 is 0 Å². The van der Waals surface area contributed by atoms with Crippen LogP contribution in [-0.4, -0.2) is 61.1 Å². The van der Waals surface area contributed by atoms with Gasteiger partial charge in [0.25, 0.3) is 25.8 Å². The number of benzene rings is 6. The molecule has 324 valence electrons. The highest BCUT2D eigenvalue weighted by Gasteiger charge is 2.48. The van der Waals surface area contributed by atoms with Crippen LogP contribution in [0.4, 0.5) is 24.5 Å². The number of carbonyl (C=O) groups excluding carboxylic acids is 1. The maximum atomic E-state index is 13.9. The Balaban J connectivity index is 1.10. The van der Waals surface area contributed by atoms with Crippen LogP contribution in [0.25, 0.3) is 21.9 Å². The summed E-state index contributed by atoms with van der Waals surface area (Å²) in [6, 6.07) is 35.1. The predicted molar refractivity (Wildman–Crippen MR) is 234 cm³/mol. The monoisotopic (exact) mass is 906 g/mol. The summed E-state index contributed by atoms with van der Waals surface area (Å²) in [5.41, 5.74) is -2.66. The first kappa shape index (κ1) is 44.4. The van der Waals surface area contributed by atoms with Gasteiger partial charge in [-0.2, -0.15) is 13.2 Å². The van der Waals surface area contributed by atoms with Crippen molar-refractivity contribution in [3.8, 4) is 22.6 Å². The second-order valence-electron chi connectivity index (χ2n) is 14.6. The van der Waals surface area contributed by atoms with Crippen molar-refractivity contribution >= 4 is 59.5 Å². The molecule has 1 saturated heterocycles. The van der Waals surface area contributed by atoms with Crippen molar-refractivity contribution in [2.24, 2.45) is 5.92 Å². The van der Waals surface area contributed by atoms with E-state index in [2.05, 4.69) is 16.0 Å². The van der Waals surface area contributed by atoms with Crippen molar-refractivity contribution < 1.29 is 44.3 Å². The third kappa shape index (κ3) is 10.7. The number of fused-ring (bicyclic) bond motifs is 1. The Morgan fingerprint density at radius 2 is 1.50 bits per heavy atom. The fourth-order valence-corrected chi connectivity index (χ4v) is 9.12. The van der Waals surface area contributed by atoms with Crippen LogP contribution < -0.4 is 25.4 Å². The summed E-state index contributed by atoms with van der Waals surface area (Å²) < 4.78 is 108. The van der Waals surface area contributed by atoms with Crippen molar-refractivity contribution in [2.45, 2.75) is 34.7 Å². The van der Waals surface area contributed by atoms with Gasteiger partial charge in [-0.05, 0) is 101 Å². The van der Waals surface area contributed by atoms with Crippen molar-refractivity contribution in [3.05, 3.63) is 144 Å². The van der Waals surface area contributed by atoms with Gasteiger partial charge in [0.2, 0.25) is 0 Å². The smallest absolute Gasteiger partial charge is 0.456 e. The highest BCUT2D eigenvalue weighted by Crippen LogP contribution is 2.37. The fraction of sp³-hybridized carbons (Fsp3) is 0.222. The molecule has 0 bridgehead atoms. The van der Waals surface area contributed by atoms with E-state index in [1.54, 1.807) is 18.2 Å². The molecule has 7 rings (SSSR count). The van der Waals surface area contributed by atoms with Crippen LogP contribution in [0, 0.1) is 5.92 Å². The Kier molecular flexibility index (Phi) is 13.7. The highest BCUT2D eigenvalue weighted by atomic mass is 35.5. The maximum Gasteiger partial charge on any atom is 0.501 e. The van der Waals surface area contributed by atoms with E-state index in [1.807, 2.05) is 83.6 Å². The molecule has 1 fully saturated rings. The molecule has 6 aromatic carbocycles. The Labute approximate surface area is 362 Å². The first-order valence-corrected chi connectivity index (χ1v) is 23.0. The van der Waals surface area contributed by atoms with E-state index in [-0.39, 0.29) is 23.8 Å². The molecule has 0 aromatic heterocycles. The number of amides is 1. The van der Waals surface area contributed by atoms with Gasteiger partial charge >= 0.3 is 5.51 Å². The zero-order chi connectivity index (χ0) is 43.9. The Bertz CT molecular complexity index is 2790. The first-order valence-electron chi connectivity index (χ1n) is 19.6. The number of halogens is 4. The molecule has 0 spiro atoms. The second kappa shape index (κ2) is 19.2. The van der Waals surface area contributed by atoms with Gasteiger partial charge in [0, 0.05) is 56.2 Å². The van der Waals surface area contributed by atoms with Gasteiger partial charge in [0.1, 0.15) is 16.4 Å². The zero-order valence-electron chi connectivity index (χ0n) is 33.0. The molecule has 1 aliphatic heterocycles. The fourth-order valence-electron chi connectivity index (χ4n) is 6.97. The van der Waals surface area contributed by atoms with Crippen LogP contribution in [-0.2, 0) is 31.1 Å². The number of rotatable bonds is 16. The molecule has 0 radical (unpaired) electrons. The molecule has 4 N–H and O–H groups in total. The predicted octanol–water partition coefficient (Wildman–Crippen LogP) is 9.40. The van der Waals surface area contributed by atoms with Crippen molar-refractivity contribution in [2.75, 3.05) is 43.5 Å². The van der Waals surface area contributed by atoms with Gasteiger partial charge in [-0.3, -0.25) is 4.79 Å². The number of alkyl halides is 3. The van der Waals surface area contributed by atoms with Crippen LogP contribution >= 0.6 is 11.6 Å². The van der Waals surface area contributed by atoms with Gasteiger partial charge in [0.05, 0.1) is 16.1 Å². The molecular weight excluding hydrogens is 865 g/mol. The number of anilines is 2. The van der Waals surface area contributed by atoms with Crippen LogP contribution in [0.2, 0.25) is 5.02 Å². The molecule has 1 heterocycles. The number of sulfonamides is 1. The molecule has 6 aromatic rings. The normalized spacial score (nSPS) is 13.7. The lowest BCUT2D eigenvalue weighted by atomic mass is 10.00. The van der Waals surface area contributed by atoms with Gasteiger partial charge < -0.3 is 25.4 Å². The summed E-state index contributed by atoms with van der Waals surface area (Å²) in [4.78, 5) is 11.6. The van der Waals surface area contributed by atoms with E-state index in [0.717, 1.165) is 39.6 Å². The zero-order valence-corrected chi connectivity index (χ0v) is 35.4. The Morgan fingerprint density at radius 3 is 2.26 bits per heavy atom. The second-order valence-corrected chi connectivity index (χ2v) is 18.6. The standard InChI is InChI=1S/C45H42ClF3N4O7S2/c46-35-12-9-32(10-13-35)39-8-4-3-7-34(39)29-50-21-22-51-36-14-17-40(42(26-36)60-37-15-11-31-5-1-2-6-33(31)25-37)44(54)53-62(57,58)38-16-18-41(52-28-30-19-23-59-24-20-30)43(27-38)61(55,56)45(47,48)49/h1-18,25-27,30,50-52H,19-24,28-29H2,(H,53,54). The third-order valence-corrected chi connectivity index (χ3v) is 13.4. The molecule has 1 aliphatic rings. The summed E-state index contributed by atoms with van der Waals surface area (Å²) in [5.74, 6) is -0.873. The van der Waals surface area contributed by atoms with Gasteiger partial charge in [0.15, 0.2) is 0 Å². The first-order chi connectivity index (χ1) is 29.7. The van der Waals surface area contributed by atoms with Crippen molar-refractivity contribution in [1.29, 1.82) is 0 Å². The average Bonchev–Trinajstić information content (AvgIpc) is 3.26. The molecule has 0 unspecified atom stereocenters. The van der Waals surface area contributed by atoms with Crippen molar-refractivity contribution in [1.82, 2.24) is 10.0 Å². The number of sulfone groups is 1. The maximum absolute atomic E-state index is 13.9. The number of hydrogen-bond donors (Lipinski definition) is 4. The van der Waals surface area contributed by atoms with Crippen LogP contribution in [0.1, 0.15) is 28.8 Å². The molecule has 1 amide bonds. The average molecular weight is 907 g/mol. The minimum atomic E-state index is -6.03. The third-order valence-electron chi connectivity index (χ3n) is 10.3. The van der Waals surface area contributed by atoms with Gasteiger partial charge in [-0.25, -0.2) is 21.6 Å². The van der Waals surface area contributed by atoms with Crippen LogP contribution in [0.15, 0.2) is 137 Å². The number of nitrogens with one attached hydrogen (secondary N) is 4. The van der Waals surface area contributed by atoms with E-state index in [1.165, 1.54) is 12.1 Å². The van der Waals surface area contributed by atoms with E-state index in [4.69, 9.17) is 21.1 Å². The minimum absolute atomic E-state index is 0.00774. The van der Waals surface area contributed by atoms with E-state index in [9.17, 15) is 34.8 Å². The molecule has 62 heavy (non-hydrogen) atoms. The van der Waals surface area contributed by atoms with E-state index in [0.29, 0.717) is 68.2 Å². The SMILES string of the molecule is O=C(NS(=O)(=O)c1ccc(NCC2CCOCC2)c(S(=O)(=O)C(F)(F)F)c1)c1ccc(NCCNCc2ccccc2-c2ccc(Cl)cc2)cc1Oc1ccc2ccccc2c1. The van der Waals surface area contributed by atoms with Crippen molar-refractivity contribution in [3.63, 3.8) is 0 Å². The quantitative estimate of drug-likeness (QED) is 0.0692. The summed E-state index contributed by atoms with van der Waals surface area (Å²) in [6.07, 6.45) is 1.21. The molecule has 11 nitrogen and oxygen atoms in total. The number of carbonyl (C=O) groups is 1. The lowest BCUT2D eigenvalue weighted by molar-refractivity contribution is -0.0435. The van der Waals surface area contributed by atoms with E-state index < -0.39 is 46.8 Å². The topological polar surface area (TPSA) is 152 Å². The molecule has 0 atom stereocenters. The molecule has 0 saturated carbocycles. The van der Waals surface area contributed by atoms with Gasteiger partial charge in [-0.1, -0.05) is 78.3 Å². The number of ether oxygens (including phenoxy) is 2. The summed E-state index contributed by atoms with van der Waals surface area (Å²) in [6.45, 7) is 2.59. The summed E-state index contributed by atoms with van der Waals surface area (Å²) >= 11 is 6.09. The Hall–Kier alpha value is -5.65. The van der Waals surface area contributed by atoms with Crippen LogP contribution in [0.5, 0.6) is 11.5 Å². The summed E-state index contributed by atoms with van der Waals surface area (Å²) in [5, 5.41) is 11.9. The van der Waals surface area contributed by atoms with Gasteiger partial charge in [-0.15, -0.1) is 0 Å². The number of hydrogen-bond acceptors (Lipinski definition) is 10. The summed E-state index contributed by atoms with van der Waals surface area (Å²) in [7, 11) is -11.0. The van der Waals surface area contributed by atoms with Crippen LogP contribution in [0.3, 0.4) is 0 Å². The molecular formula is C45H42ClF3N4O7S2. The minimum Gasteiger partial charge on any atom is -0.456 e. The molecule has 17 heteroatoms. The largest absolute Gasteiger partial charge is 0.501 e. The Morgan fingerprint density at radius 1 is 0.774 bits per heavy atom. The lowest BCUT2D eigenvalue weighted by Gasteiger charge is -2.23. The lowest BCUT2D eigenvalue weighted by Crippen LogP contribution is -2.31. The highest BCUT2D eigenvalue weighted by molar-refractivity contribution is 7.92.